The van der Waals surface area contributed by atoms with Gasteiger partial charge in [-0.15, -0.1) is 0 Å². The Morgan fingerprint density at radius 2 is 2.05 bits per heavy atom. The van der Waals surface area contributed by atoms with Crippen molar-refractivity contribution < 1.29 is 19.1 Å². The van der Waals surface area contributed by atoms with Crippen LogP contribution in [0.25, 0.3) is 0 Å². The van der Waals surface area contributed by atoms with Crippen LogP contribution in [0.3, 0.4) is 0 Å². The van der Waals surface area contributed by atoms with Crippen molar-refractivity contribution >= 4 is 17.6 Å². The second-order valence-electron chi connectivity index (χ2n) is 4.23. The zero-order chi connectivity index (χ0) is 14.0. The van der Waals surface area contributed by atoms with Gasteiger partial charge in [0.1, 0.15) is 18.1 Å². The lowest BCUT2D eigenvalue weighted by atomic mass is 10.2. The zero-order valence-corrected chi connectivity index (χ0v) is 11.3. The fraction of sp³-hybridized carbons (Fsp3) is 0.214. The summed E-state index contributed by atoms with van der Waals surface area (Å²) in [6.07, 6.45) is 0. The van der Waals surface area contributed by atoms with Crippen LogP contribution in [-0.4, -0.2) is 11.1 Å². The first kappa shape index (κ1) is 13.5. The smallest absolute Gasteiger partial charge is 0.372 e. The highest BCUT2D eigenvalue weighted by atomic mass is 35.5. The molecule has 0 unspecified atom stereocenters. The van der Waals surface area contributed by atoms with E-state index in [0.29, 0.717) is 22.1 Å². The summed E-state index contributed by atoms with van der Waals surface area (Å²) in [6.45, 7) is 3.74. The summed E-state index contributed by atoms with van der Waals surface area (Å²) in [5.41, 5.74) is 1.50. The van der Waals surface area contributed by atoms with Gasteiger partial charge < -0.3 is 14.3 Å². The monoisotopic (exact) mass is 280 g/mol. The van der Waals surface area contributed by atoms with Crippen molar-refractivity contribution in [2.45, 2.75) is 20.5 Å². The largest absolute Gasteiger partial charge is 0.486 e. The number of furan rings is 1. The molecule has 0 atom stereocenters. The van der Waals surface area contributed by atoms with Crippen LogP contribution in [0.4, 0.5) is 0 Å². The van der Waals surface area contributed by atoms with E-state index in [0.717, 1.165) is 5.56 Å². The molecule has 1 N–H and O–H groups in total. The van der Waals surface area contributed by atoms with Crippen LogP contribution in [0.2, 0.25) is 5.02 Å². The maximum Gasteiger partial charge on any atom is 0.372 e. The third kappa shape index (κ3) is 3.09. The quantitative estimate of drug-likeness (QED) is 0.925. The molecular weight excluding hydrogens is 268 g/mol. The van der Waals surface area contributed by atoms with Gasteiger partial charge in [-0.3, -0.25) is 0 Å². The summed E-state index contributed by atoms with van der Waals surface area (Å²) in [7, 11) is 0. The van der Waals surface area contributed by atoms with E-state index in [1.165, 1.54) is 0 Å². The van der Waals surface area contributed by atoms with Crippen molar-refractivity contribution in [3.63, 3.8) is 0 Å². The molecule has 2 aromatic rings. The highest BCUT2D eigenvalue weighted by molar-refractivity contribution is 6.31. The topological polar surface area (TPSA) is 59.7 Å². The highest BCUT2D eigenvalue weighted by Gasteiger charge is 2.14. The van der Waals surface area contributed by atoms with Gasteiger partial charge in [-0.1, -0.05) is 11.6 Å². The van der Waals surface area contributed by atoms with Gasteiger partial charge in [0, 0.05) is 10.6 Å². The Hall–Kier alpha value is -1.94. The first-order valence-electron chi connectivity index (χ1n) is 5.69. The third-order valence-corrected chi connectivity index (χ3v) is 3.10. The van der Waals surface area contributed by atoms with Gasteiger partial charge in [-0.2, -0.15) is 0 Å². The molecule has 0 aliphatic rings. The van der Waals surface area contributed by atoms with Crippen molar-refractivity contribution in [3.05, 3.63) is 51.9 Å². The highest BCUT2D eigenvalue weighted by Crippen LogP contribution is 2.22. The number of aryl methyl sites for hydroxylation is 2. The van der Waals surface area contributed by atoms with Gasteiger partial charge in [0.2, 0.25) is 5.76 Å². The van der Waals surface area contributed by atoms with Crippen LogP contribution >= 0.6 is 11.6 Å². The average molecular weight is 281 g/mol. The van der Waals surface area contributed by atoms with E-state index in [1.807, 2.05) is 13.0 Å². The second kappa shape index (κ2) is 5.36. The van der Waals surface area contributed by atoms with Crippen molar-refractivity contribution in [2.75, 3.05) is 0 Å². The molecule has 0 aliphatic heterocycles. The molecule has 19 heavy (non-hydrogen) atoms. The van der Waals surface area contributed by atoms with Crippen LogP contribution in [0.15, 0.2) is 28.7 Å². The molecule has 1 aromatic carbocycles. The maximum absolute atomic E-state index is 10.8. The van der Waals surface area contributed by atoms with Gasteiger partial charge in [0.25, 0.3) is 0 Å². The predicted molar refractivity (Wildman–Crippen MR) is 70.9 cm³/mol. The van der Waals surface area contributed by atoms with E-state index in [-0.39, 0.29) is 12.4 Å². The van der Waals surface area contributed by atoms with E-state index >= 15 is 0 Å². The van der Waals surface area contributed by atoms with Crippen LogP contribution in [-0.2, 0) is 6.61 Å². The minimum atomic E-state index is -1.08. The summed E-state index contributed by atoms with van der Waals surface area (Å²) in [4.78, 5) is 10.8. The normalized spacial score (nSPS) is 10.5. The number of carboxylic acids is 1. The molecule has 100 valence electrons. The van der Waals surface area contributed by atoms with Crippen LogP contribution in [0.5, 0.6) is 5.75 Å². The maximum atomic E-state index is 10.8. The van der Waals surface area contributed by atoms with Crippen molar-refractivity contribution in [1.82, 2.24) is 0 Å². The molecule has 0 spiro atoms. The second-order valence-corrected chi connectivity index (χ2v) is 4.64. The van der Waals surface area contributed by atoms with E-state index in [1.54, 1.807) is 25.1 Å². The fourth-order valence-electron chi connectivity index (χ4n) is 1.69. The average Bonchev–Trinajstić information content (AvgIpc) is 2.72. The molecule has 0 amide bonds. The van der Waals surface area contributed by atoms with Crippen LogP contribution in [0.1, 0.15) is 27.4 Å². The molecule has 5 heteroatoms. The molecule has 0 bridgehead atoms. The van der Waals surface area contributed by atoms with Crippen LogP contribution in [0, 0.1) is 13.8 Å². The Balaban J connectivity index is 2.08. The first-order valence-corrected chi connectivity index (χ1v) is 6.06. The van der Waals surface area contributed by atoms with Crippen LogP contribution < -0.4 is 4.74 Å². The number of benzene rings is 1. The Morgan fingerprint density at radius 1 is 1.32 bits per heavy atom. The van der Waals surface area contributed by atoms with E-state index in [9.17, 15) is 4.79 Å². The lowest BCUT2D eigenvalue weighted by Gasteiger charge is -2.05. The molecular formula is C14H13ClO4. The summed E-state index contributed by atoms with van der Waals surface area (Å²) in [5, 5.41) is 9.56. The number of aromatic carboxylic acids is 1. The van der Waals surface area contributed by atoms with E-state index in [4.69, 9.17) is 25.9 Å². The van der Waals surface area contributed by atoms with Crippen molar-refractivity contribution in [2.24, 2.45) is 0 Å². The first-order chi connectivity index (χ1) is 8.97. The number of ether oxygens (including phenoxy) is 1. The van der Waals surface area contributed by atoms with E-state index in [2.05, 4.69) is 0 Å². The molecule has 0 radical (unpaired) electrons. The molecule has 0 saturated heterocycles. The summed E-state index contributed by atoms with van der Waals surface area (Å²) >= 11 is 5.92. The number of hydrogen-bond acceptors (Lipinski definition) is 3. The zero-order valence-electron chi connectivity index (χ0n) is 10.6. The Labute approximate surface area is 115 Å². The van der Waals surface area contributed by atoms with Crippen molar-refractivity contribution in [1.29, 1.82) is 0 Å². The molecule has 0 fully saturated rings. The number of hydrogen-bond donors (Lipinski definition) is 1. The minimum Gasteiger partial charge on any atom is -0.486 e. The standard InChI is InChI=1S/C14H13ClO4/c1-8-5-10(3-4-12(8)15)18-7-11-6-9(2)13(19-11)14(16)17/h3-6H,7H2,1-2H3,(H,16,17). The van der Waals surface area contributed by atoms with Gasteiger partial charge in [0.15, 0.2) is 0 Å². The lowest BCUT2D eigenvalue weighted by Crippen LogP contribution is -1.96. The number of carboxylic acid groups (broad SMARTS) is 1. The number of halogens is 1. The molecule has 4 nitrogen and oxygen atoms in total. The molecule has 1 heterocycles. The summed E-state index contributed by atoms with van der Waals surface area (Å²) in [5.74, 6) is 0.00676. The third-order valence-electron chi connectivity index (χ3n) is 2.67. The predicted octanol–water partition coefficient (Wildman–Crippen LogP) is 3.83. The molecule has 0 saturated carbocycles. The van der Waals surface area contributed by atoms with Gasteiger partial charge in [-0.05, 0) is 43.7 Å². The number of rotatable bonds is 4. The van der Waals surface area contributed by atoms with Gasteiger partial charge >= 0.3 is 5.97 Å². The summed E-state index contributed by atoms with van der Waals surface area (Å²) < 4.78 is 10.7. The van der Waals surface area contributed by atoms with Gasteiger partial charge in [-0.25, -0.2) is 4.79 Å². The molecule has 2 rings (SSSR count). The Bertz CT molecular complexity index is 616. The Morgan fingerprint density at radius 3 is 2.63 bits per heavy atom. The Kier molecular flexibility index (Phi) is 3.81. The van der Waals surface area contributed by atoms with E-state index < -0.39 is 5.97 Å². The molecule has 1 aromatic heterocycles. The SMILES string of the molecule is Cc1cc(OCc2cc(C)c(C(=O)O)o2)ccc1Cl. The fourth-order valence-corrected chi connectivity index (χ4v) is 1.81. The number of carbonyl (C=O) groups is 1. The van der Waals surface area contributed by atoms with Crippen molar-refractivity contribution in [3.8, 4) is 5.75 Å². The summed E-state index contributed by atoms with van der Waals surface area (Å²) in [6, 6.07) is 6.98. The minimum absolute atomic E-state index is 0.0501. The molecule has 0 aliphatic carbocycles. The lowest BCUT2D eigenvalue weighted by molar-refractivity contribution is 0.0657. The van der Waals surface area contributed by atoms with Gasteiger partial charge in [0.05, 0.1) is 0 Å².